The maximum Gasteiger partial charge on any atom is 0.139 e. The molecular formula is C17H19Cl2NO. The van der Waals surface area contributed by atoms with Crippen LogP contribution in [0, 0.1) is 0 Å². The molecule has 0 aliphatic carbocycles. The van der Waals surface area contributed by atoms with Gasteiger partial charge in [0.25, 0.3) is 0 Å². The molecule has 0 fully saturated rings. The second-order valence-electron chi connectivity index (χ2n) is 5.01. The lowest BCUT2D eigenvalue weighted by Gasteiger charge is -2.25. The first-order valence-electron chi connectivity index (χ1n) is 7.08. The minimum atomic E-state index is 0.110. The van der Waals surface area contributed by atoms with Gasteiger partial charge in [0.15, 0.2) is 0 Å². The molecule has 2 aromatic rings. The first-order valence-corrected chi connectivity index (χ1v) is 7.84. The van der Waals surface area contributed by atoms with E-state index in [1.807, 2.05) is 18.2 Å². The fourth-order valence-corrected chi connectivity index (χ4v) is 2.77. The van der Waals surface area contributed by atoms with Gasteiger partial charge in [-0.05, 0) is 30.7 Å². The molecular weight excluding hydrogens is 305 g/mol. The predicted octanol–water partition coefficient (Wildman–Crippen LogP) is 5.51. The molecule has 1 N–H and O–H groups in total. The number of phenolic OH excluding ortho intramolecular Hbond substituents is 1. The second-order valence-corrected chi connectivity index (χ2v) is 5.85. The minimum Gasteiger partial charge on any atom is -0.506 e. The van der Waals surface area contributed by atoms with Crippen LogP contribution in [-0.2, 0) is 6.54 Å². The van der Waals surface area contributed by atoms with Gasteiger partial charge >= 0.3 is 0 Å². The van der Waals surface area contributed by atoms with Crippen molar-refractivity contribution in [1.82, 2.24) is 0 Å². The lowest BCUT2D eigenvalue weighted by Crippen LogP contribution is -2.23. The van der Waals surface area contributed by atoms with Crippen molar-refractivity contribution >= 4 is 28.9 Å². The van der Waals surface area contributed by atoms with Crippen LogP contribution in [0.4, 0.5) is 5.69 Å². The number of hydrogen-bond acceptors (Lipinski definition) is 2. The van der Waals surface area contributed by atoms with Crippen molar-refractivity contribution in [2.24, 2.45) is 0 Å². The Morgan fingerprint density at radius 3 is 2.48 bits per heavy atom. The number of benzene rings is 2. The molecule has 0 aliphatic rings. The summed E-state index contributed by atoms with van der Waals surface area (Å²) in [5, 5.41) is 11.0. The molecule has 0 bridgehead atoms. The lowest BCUT2D eigenvalue weighted by molar-refractivity contribution is 0.467. The van der Waals surface area contributed by atoms with E-state index >= 15 is 0 Å². The molecule has 21 heavy (non-hydrogen) atoms. The molecule has 4 heteroatoms. The van der Waals surface area contributed by atoms with E-state index in [0.717, 1.165) is 30.6 Å². The van der Waals surface area contributed by atoms with Gasteiger partial charge in [0.1, 0.15) is 5.75 Å². The number of aromatic hydroxyl groups is 1. The first kappa shape index (κ1) is 16.0. The van der Waals surface area contributed by atoms with Gasteiger partial charge in [-0.2, -0.15) is 0 Å². The van der Waals surface area contributed by atoms with Crippen LogP contribution in [0.25, 0.3) is 0 Å². The minimum absolute atomic E-state index is 0.110. The Bertz CT molecular complexity index is 587. The SMILES string of the molecule is CCCCN(Cc1cc(Cl)cc(Cl)c1O)c1ccccc1. The van der Waals surface area contributed by atoms with Crippen LogP contribution < -0.4 is 4.90 Å². The third kappa shape index (κ3) is 4.29. The first-order chi connectivity index (χ1) is 10.1. The van der Waals surface area contributed by atoms with Gasteiger partial charge in [-0.25, -0.2) is 0 Å². The molecule has 0 aromatic heterocycles. The predicted molar refractivity (Wildman–Crippen MR) is 90.5 cm³/mol. The van der Waals surface area contributed by atoms with Crippen LogP contribution in [0.15, 0.2) is 42.5 Å². The van der Waals surface area contributed by atoms with Gasteiger partial charge in [0, 0.05) is 29.4 Å². The van der Waals surface area contributed by atoms with Crippen molar-refractivity contribution in [3.05, 3.63) is 58.1 Å². The van der Waals surface area contributed by atoms with Crippen molar-refractivity contribution in [1.29, 1.82) is 0 Å². The average Bonchev–Trinajstić information content (AvgIpc) is 2.49. The summed E-state index contributed by atoms with van der Waals surface area (Å²) >= 11 is 12.0. The molecule has 0 amide bonds. The third-order valence-electron chi connectivity index (χ3n) is 3.37. The van der Waals surface area contributed by atoms with E-state index in [-0.39, 0.29) is 5.75 Å². The Hall–Kier alpha value is -1.38. The van der Waals surface area contributed by atoms with Crippen molar-refractivity contribution in [2.45, 2.75) is 26.3 Å². The van der Waals surface area contributed by atoms with E-state index in [1.165, 1.54) is 0 Å². The molecule has 2 rings (SSSR count). The Kier molecular flexibility index (Phi) is 5.77. The molecule has 0 radical (unpaired) electrons. The molecule has 0 atom stereocenters. The standard InChI is InChI=1S/C17H19Cl2NO/c1-2-3-9-20(15-7-5-4-6-8-15)12-13-10-14(18)11-16(19)17(13)21/h4-8,10-11,21H,2-3,9,12H2,1H3. The molecule has 0 aliphatic heterocycles. The van der Waals surface area contributed by atoms with Crippen LogP contribution in [0.1, 0.15) is 25.3 Å². The highest BCUT2D eigenvalue weighted by atomic mass is 35.5. The topological polar surface area (TPSA) is 23.5 Å². The summed E-state index contributed by atoms with van der Waals surface area (Å²) in [5.41, 5.74) is 1.87. The van der Waals surface area contributed by atoms with E-state index in [4.69, 9.17) is 23.2 Å². The van der Waals surface area contributed by atoms with Crippen molar-refractivity contribution in [2.75, 3.05) is 11.4 Å². The molecule has 0 saturated heterocycles. The lowest BCUT2D eigenvalue weighted by atomic mass is 10.1. The summed E-state index contributed by atoms with van der Waals surface area (Å²) in [5.74, 6) is 0.110. The number of halogens is 2. The van der Waals surface area contributed by atoms with Gasteiger partial charge in [-0.1, -0.05) is 54.7 Å². The van der Waals surface area contributed by atoms with Gasteiger partial charge in [-0.15, -0.1) is 0 Å². The zero-order valence-corrected chi connectivity index (χ0v) is 13.5. The van der Waals surface area contributed by atoms with Crippen molar-refractivity contribution in [3.63, 3.8) is 0 Å². The largest absolute Gasteiger partial charge is 0.506 e. The van der Waals surface area contributed by atoms with E-state index < -0.39 is 0 Å². The number of anilines is 1. The molecule has 0 unspecified atom stereocenters. The molecule has 0 saturated carbocycles. The fraction of sp³-hybridized carbons (Fsp3) is 0.294. The Balaban J connectivity index is 2.27. The molecule has 0 heterocycles. The monoisotopic (exact) mass is 323 g/mol. The van der Waals surface area contributed by atoms with Crippen LogP contribution in [0.5, 0.6) is 5.75 Å². The summed E-state index contributed by atoms with van der Waals surface area (Å²) in [6.07, 6.45) is 2.20. The van der Waals surface area contributed by atoms with Gasteiger partial charge < -0.3 is 10.0 Å². The maximum absolute atomic E-state index is 10.1. The smallest absolute Gasteiger partial charge is 0.139 e. The van der Waals surface area contributed by atoms with Crippen LogP contribution >= 0.6 is 23.2 Å². The highest BCUT2D eigenvalue weighted by Gasteiger charge is 2.13. The number of phenols is 1. The normalized spacial score (nSPS) is 10.6. The second kappa shape index (κ2) is 7.58. The summed E-state index contributed by atoms with van der Waals surface area (Å²) in [6, 6.07) is 13.5. The van der Waals surface area contributed by atoms with Gasteiger partial charge in [0.2, 0.25) is 0 Å². The maximum atomic E-state index is 10.1. The summed E-state index contributed by atoms with van der Waals surface area (Å²) in [6.45, 7) is 3.66. The zero-order chi connectivity index (χ0) is 15.2. The van der Waals surface area contributed by atoms with E-state index in [9.17, 15) is 5.11 Å². The fourth-order valence-electron chi connectivity index (χ4n) is 2.23. The number of nitrogens with zero attached hydrogens (tertiary/aromatic N) is 1. The average molecular weight is 324 g/mol. The highest BCUT2D eigenvalue weighted by Crippen LogP contribution is 2.32. The third-order valence-corrected chi connectivity index (χ3v) is 3.88. The Morgan fingerprint density at radius 2 is 1.81 bits per heavy atom. The number of unbranched alkanes of at least 4 members (excludes halogenated alkanes) is 1. The van der Waals surface area contributed by atoms with E-state index in [2.05, 4.69) is 24.0 Å². The van der Waals surface area contributed by atoms with Crippen molar-refractivity contribution < 1.29 is 5.11 Å². The van der Waals surface area contributed by atoms with Gasteiger partial charge in [0.05, 0.1) is 5.02 Å². The highest BCUT2D eigenvalue weighted by molar-refractivity contribution is 6.35. The molecule has 0 spiro atoms. The number of para-hydroxylation sites is 1. The Morgan fingerprint density at radius 1 is 1.10 bits per heavy atom. The van der Waals surface area contributed by atoms with Crippen LogP contribution in [0.2, 0.25) is 10.0 Å². The number of rotatable bonds is 6. The van der Waals surface area contributed by atoms with Crippen LogP contribution in [-0.4, -0.2) is 11.7 Å². The van der Waals surface area contributed by atoms with E-state index in [0.29, 0.717) is 16.6 Å². The summed E-state index contributed by atoms with van der Waals surface area (Å²) in [4.78, 5) is 2.23. The quantitative estimate of drug-likeness (QED) is 0.758. The van der Waals surface area contributed by atoms with Crippen molar-refractivity contribution in [3.8, 4) is 5.75 Å². The molecule has 2 aromatic carbocycles. The van der Waals surface area contributed by atoms with Gasteiger partial charge in [-0.3, -0.25) is 0 Å². The summed E-state index contributed by atoms with van der Waals surface area (Å²) in [7, 11) is 0. The molecule has 112 valence electrons. The summed E-state index contributed by atoms with van der Waals surface area (Å²) < 4.78 is 0. The number of hydrogen-bond donors (Lipinski definition) is 1. The zero-order valence-electron chi connectivity index (χ0n) is 12.0. The Labute approximate surface area is 135 Å². The van der Waals surface area contributed by atoms with E-state index in [1.54, 1.807) is 12.1 Å². The van der Waals surface area contributed by atoms with Crippen LogP contribution in [0.3, 0.4) is 0 Å². The molecule has 2 nitrogen and oxygen atoms in total.